The first-order chi connectivity index (χ1) is 6.08. The van der Waals surface area contributed by atoms with Crippen molar-refractivity contribution in [3.63, 3.8) is 0 Å². The second kappa shape index (κ2) is 6.06. The van der Waals surface area contributed by atoms with Gasteiger partial charge < -0.3 is 0 Å². The van der Waals surface area contributed by atoms with E-state index in [9.17, 15) is 9.69 Å². The highest BCUT2D eigenvalue weighted by Crippen LogP contribution is 2.55. The number of Topliss-reactive ketones (excluding diaryl/α,β-unsaturated/α-hetero) is 1. The van der Waals surface area contributed by atoms with Gasteiger partial charge in [-0.2, -0.15) is 13.9 Å². The van der Waals surface area contributed by atoms with Gasteiger partial charge in [0.15, 0.2) is 11.9 Å². The van der Waals surface area contributed by atoms with Crippen molar-refractivity contribution in [2.75, 3.05) is 20.4 Å². The smallest absolute Gasteiger partial charge is 0.295 e. The predicted molar refractivity (Wildman–Crippen MR) is 51.1 cm³/mol. The average molecular weight is 205 g/mol. The molecule has 0 amide bonds. The van der Waals surface area contributed by atoms with Crippen LogP contribution < -0.4 is 0 Å². The quantitative estimate of drug-likeness (QED) is 0.519. The Balaban J connectivity index is 3.96. The molecule has 0 rings (SSSR count). The standard InChI is InChI=1S/C8H14O4P/c1-4-5-6-8(9)7-13(10,11-2)12-3/h1,10H,5-7H2,2-3H3/q+1. The fourth-order valence-electron chi connectivity index (χ4n) is 0.717. The molecule has 0 aromatic rings. The van der Waals surface area contributed by atoms with Gasteiger partial charge in [0.2, 0.25) is 0 Å². The molecule has 5 heteroatoms. The van der Waals surface area contributed by atoms with E-state index in [1.165, 1.54) is 14.2 Å². The second-order valence-corrected chi connectivity index (χ2v) is 4.72. The molecule has 0 unspecified atom stereocenters. The lowest BCUT2D eigenvalue weighted by Gasteiger charge is -2.11. The summed E-state index contributed by atoms with van der Waals surface area (Å²) in [7, 11) is -0.323. The zero-order chi connectivity index (χ0) is 10.3. The fraction of sp³-hybridized carbons (Fsp3) is 0.625. The van der Waals surface area contributed by atoms with Gasteiger partial charge in [-0.05, 0) is 0 Å². The van der Waals surface area contributed by atoms with E-state index < -0.39 is 7.94 Å². The molecule has 4 nitrogen and oxygen atoms in total. The van der Waals surface area contributed by atoms with Gasteiger partial charge in [0.05, 0.1) is 14.2 Å². The lowest BCUT2D eigenvalue weighted by Crippen LogP contribution is -2.11. The summed E-state index contributed by atoms with van der Waals surface area (Å²) >= 11 is 0. The average Bonchev–Trinajstić information content (AvgIpc) is 2.14. The van der Waals surface area contributed by atoms with E-state index in [4.69, 9.17) is 15.5 Å². The van der Waals surface area contributed by atoms with Crippen LogP contribution in [0.4, 0.5) is 0 Å². The summed E-state index contributed by atoms with van der Waals surface area (Å²) in [5, 5.41) is 0. The van der Waals surface area contributed by atoms with Crippen molar-refractivity contribution in [3.05, 3.63) is 0 Å². The van der Waals surface area contributed by atoms with Gasteiger partial charge in [-0.25, -0.2) is 0 Å². The maximum Gasteiger partial charge on any atom is 0.416 e. The highest BCUT2D eigenvalue weighted by atomic mass is 31.2. The third-order valence-corrected chi connectivity index (χ3v) is 3.39. The van der Waals surface area contributed by atoms with Crippen LogP contribution in [-0.2, 0) is 13.8 Å². The molecule has 0 aromatic carbocycles. The van der Waals surface area contributed by atoms with Crippen LogP contribution in [-0.4, -0.2) is 31.1 Å². The van der Waals surface area contributed by atoms with E-state index in [-0.39, 0.29) is 18.4 Å². The minimum absolute atomic E-state index is 0.0956. The van der Waals surface area contributed by atoms with E-state index in [1.807, 2.05) is 0 Å². The molecule has 1 N–H and O–H groups in total. The van der Waals surface area contributed by atoms with Gasteiger partial charge in [0.1, 0.15) is 0 Å². The van der Waals surface area contributed by atoms with Crippen molar-refractivity contribution in [1.29, 1.82) is 0 Å². The van der Waals surface area contributed by atoms with E-state index in [0.29, 0.717) is 6.42 Å². The third kappa shape index (κ3) is 4.97. The number of terminal acetylenes is 1. The van der Waals surface area contributed by atoms with Gasteiger partial charge in [0, 0.05) is 12.8 Å². The Kier molecular flexibility index (Phi) is 5.85. The summed E-state index contributed by atoms with van der Waals surface area (Å²) in [5.41, 5.74) is 0. The van der Waals surface area contributed by atoms with Gasteiger partial charge in [-0.1, -0.05) is 0 Å². The van der Waals surface area contributed by atoms with Crippen LogP contribution in [0.2, 0.25) is 0 Å². The summed E-state index contributed by atoms with van der Waals surface area (Å²) in [5.74, 6) is 2.21. The molecule has 0 fully saturated rings. The molecule has 0 aromatic heterocycles. The molecule has 0 atom stereocenters. The summed E-state index contributed by atoms with van der Waals surface area (Å²) in [6, 6.07) is 0. The highest BCUT2D eigenvalue weighted by Gasteiger charge is 2.40. The molecule has 0 bridgehead atoms. The number of hydrogen-bond donors (Lipinski definition) is 1. The van der Waals surface area contributed by atoms with Crippen molar-refractivity contribution in [2.24, 2.45) is 0 Å². The van der Waals surface area contributed by atoms with E-state index in [2.05, 4.69) is 5.92 Å². The van der Waals surface area contributed by atoms with Crippen LogP contribution in [0.25, 0.3) is 0 Å². The molecule has 0 aliphatic rings. The van der Waals surface area contributed by atoms with Crippen LogP contribution in [0.15, 0.2) is 0 Å². The summed E-state index contributed by atoms with van der Waals surface area (Å²) in [6.07, 6.45) is 5.53. The second-order valence-electron chi connectivity index (χ2n) is 2.40. The highest BCUT2D eigenvalue weighted by molar-refractivity contribution is 7.61. The Hall–Kier alpha value is -0.460. The van der Waals surface area contributed by atoms with Crippen LogP contribution in [0.3, 0.4) is 0 Å². The van der Waals surface area contributed by atoms with E-state index in [1.54, 1.807) is 0 Å². The fourth-order valence-corrected chi connectivity index (χ4v) is 1.73. The molecule has 0 saturated heterocycles. The monoisotopic (exact) mass is 205 g/mol. The summed E-state index contributed by atoms with van der Waals surface area (Å²) in [4.78, 5) is 20.6. The molecule has 0 radical (unpaired) electrons. The first kappa shape index (κ1) is 12.5. The maximum absolute atomic E-state index is 11.1. The van der Waals surface area contributed by atoms with E-state index >= 15 is 0 Å². The van der Waals surface area contributed by atoms with Crippen LogP contribution in [0, 0.1) is 12.3 Å². The predicted octanol–water partition coefficient (Wildman–Crippen LogP) is 1.02. The van der Waals surface area contributed by atoms with E-state index in [0.717, 1.165) is 0 Å². The number of hydrogen-bond acceptors (Lipinski definition) is 4. The Bertz CT molecular complexity index is 205. The minimum atomic E-state index is -2.95. The van der Waals surface area contributed by atoms with Crippen molar-refractivity contribution in [2.45, 2.75) is 12.8 Å². The van der Waals surface area contributed by atoms with Gasteiger partial charge in [0.25, 0.3) is 0 Å². The summed E-state index contributed by atoms with van der Waals surface area (Å²) < 4.78 is 9.42. The van der Waals surface area contributed by atoms with Crippen molar-refractivity contribution in [3.8, 4) is 12.3 Å². The van der Waals surface area contributed by atoms with Gasteiger partial charge in [-0.3, -0.25) is 4.79 Å². The number of rotatable bonds is 6. The SMILES string of the molecule is C#CCCC(=O)C[P+](O)(OC)OC. The molecule has 74 valence electrons. The molecule has 0 spiro atoms. The molecule has 0 aliphatic carbocycles. The molecule has 0 heterocycles. The van der Waals surface area contributed by atoms with Crippen molar-refractivity contribution >= 4 is 13.7 Å². The minimum Gasteiger partial charge on any atom is -0.295 e. The zero-order valence-electron chi connectivity index (χ0n) is 7.82. The van der Waals surface area contributed by atoms with Gasteiger partial charge in [-0.15, -0.1) is 12.3 Å². The molecular weight excluding hydrogens is 191 g/mol. The number of carbonyl (C=O) groups is 1. The summed E-state index contributed by atoms with van der Waals surface area (Å²) in [6.45, 7) is 0. The van der Waals surface area contributed by atoms with Crippen LogP contribution in [0.1, 0.15) is 12.8 Å². The molecular formula is C8H14O4P+. The molecule has 0 saturated carbocycles. The molecule has 13 heavy (non-hydrogen) atoms. The lowest BCUT2D eigenvalue weighted by atomic mass is 10.2. The Labute approximate surface area is 78.8 Å². The normalized spacial score (nSPS) is 10.9. The van der Waals surface area contributed by atoms with Crippen LogP contribution in [0.5, 0.6) is 0 Å². The Morgan fingerprint density at radius 1 is 1.54 bits per heavy atom. The Morgan fingerprint density at radius 3 is 2.46 bits per heavy atom. The zero-order valence-corrected chi connectivity index (χ0v) is 8.71. The lowest BCUT2D eigenvalue weighted by molar-refractivity contribution is -0.116. The first-order valence-corrected chi connectivity index (χ1v) is 5.51. The number of ketones is 1. The van der Waals surface area contributed by atoms with Crippen LogP contribution >= 0.6 is 7.94 Å². The topological polar surface area (TPSA) is 55.8 Å². The number of carbonyl (C=O) groups excluding carboxylic acids is 1. The largest absolute Gasteiger partial charge is 0.416 e. The van der Waals surface area contributed by atoms with Crippen molar-refractivity contribution in [1.82, 2.24) is 0 Å². The van der Waals surface area contributed by atoms with Gasteiger partial charge >= 0.3 is 7.94 Å². The van der Waals surface area contributed by atoms with Crippen molar-refractivity contribution < 1.29 is 18.7 Å². The molecule has 0 aliphatic heterocycles. The maximum atomic E-state index is 11.1. The third-order valence-electron chi connectivity index (χ3n) is 1.49. The first-order valence-electron chi connectivity index (χ1n) is 3.75. The Morgan fingerprint density at radius 2 is 2.08 bits per heavy atom.